The van der Waals surface area contributed by atoms with E-state index in [9.17, 15) is 5.11 Å². The lowest BCUT2D eigenvalue weighted by Crippen LogP contribution is -2.36. The van der Waals surface area contributed by atoms with Gasteiger partial charge in [-0.05, 0) is 19.4 Å². The highest BCUT2D eigenvalue weighted by Gasteiger charge is 2.23. The molecule has 1 fully saturated rings. The van der Waals surface area contributed by atoms with Crippen molar-refractivity contribution in [1.82, 2.24) is 14.9 Å². The number of aliphatic hydroxyl groups excluding tert-OH is 1. The van der Waals surface area contributed by atoms with Crippen molar-refractivity contribution in [3.8, 4) is 0 Å². The molecule has 78 valence electrons. The minimum Gasteiger partial charge on any atom is -0.391 e. The second-order valence-electron chi connectivity index (χ2n) is 3.93. The summed E-state index contributed by atoms with van der Waals surface area (Å²) < 4.78 is 1.96. The maximum Gasteiger partial charge on any atom is 0.111 e. The van der Waals surface area contributed by atoms with Crippen LogP contribution < -0.4 is 5.32 Å². The number of imidazole rings is 1. The van der Waals surface area contributed by atoms with Gasteiger partial charge < -0.3 is 15.0 Å². The van der Waals surface area contributed by atoms with Crippen LogP contribution in [0.2, 0.25) is 0 Å². The molecule has 2 N–H and O–H groups in total. The van der Waals surface area contributed by atoms with E-state index in [0.29, 0.717) is 6.42 Å². The number of nitrogens with one attached hydrogen (secondary N) is 1. The molecule has 0 aromatic carbocycles. The Balaban J connectivity index is 1.93. The summed E-state index contributed by atoms with van der Waals surface area (Å²) >= 11 is 0. The molecule has 2 heterocycles. The fourth-order valence-corrected chi connectivity index (χ4v) is 1.96. The first-order chi connectivity index (χ1) is 6.77. The zero-order valence-electron chi connectivity index (χ0n) is 8.48. The Labute approximate surface area is 84.0 Å². The third-order valence-corrected chi connectivity index (χ3v) is 2.88. The van der Waals surface area contributed by atoms with Gasteiger partial charge in [0.1, 0.15) is 5.82 Å². The highest BCUT2D eigenvalue weighted by molar-refractivity contribution is 4.96. The lowest BCUT2D eigenvalue weighted by atomic mass is 10.1. The smallest absolute Gasteiger partial charge is 0.111 e. The number of hydrogen-bond donors (Lipinski definition) is 2. The molecule has 2 atom stereocenters. The number of nitrogens with zero attached hydrogens (tertiary/aromatic N) is 2. The lowest BCUT2D eigenvalue weighted by Gasteiger charge is -2.17. The Kier molecular flexibility index (Phi) is 2.84. The largest absolute Gasteiger partial charge is 0.391 e. The van der Waals surface area contributed by atoms with E-state index in [1.54, 1.807) is 6.20 Å². The number of aliphatic hydroxyl groups is 1. The third-order valence-electron chi connectivity index (χ3n) is 2.88. The normalized spacial score (nSPS) is 24.0. The van der Waals surface area contributed by atoms with Gasteiger partial charge in [0, 0.05) is 31.9 Å². The highest BCUT2D eigenvalue weighted by Crippen LogP contribution is 2.12. The van der Waals surface area contributed by atoms with Crippen molar-refractivity contribution < 1.29 is 5.11 Å². The predicted octanol–water partition coefficient (Wildman–Crippen LogP) is 0.0755. The molecule has 1 aliphatic rings. The molecule has 0 radical (unpaired) electrons. The summed E-state index contributed by atoms with van der Waals surface area (Å²) in [6, 6.07) is 0.256. The second-order valence-corrected chi connectivity index (χ2v) is 3.93. The van der Waals surface area contributed by atoms with Gasteiger partial charge in [0.05, 0.1) is 6.10 Å². The molecule has 0 bridgehead atoms. The summed E-state index contributed by atoms with van der Waals surface area (Å²) in [5.74, 6) is 0.950. The Morgan fingerprint density at radius 2 is 2.64 bits per heavy atom. The van der Waals surface area contributed by atoms with E-state index >= 15 is 0 Å². The number of rotatable bonds is 3. The van der Waals surface area contributed by atoms with Gasteiger partial charge >= 0.3 is 0 Å². The molecule has 1 aliphatic heterocycles. The van der Waals surface area contributed by atoms with Crippen LogP contribution in [0.1, 0.15) is 18.7 Å². The van der Waals surface area contributed by atoms with Crippen molar-refractivity contribution in [2.45, 2.75) is 31.4 Å². The number of aromatic nitrogens is 2. The Bertz CT molecular complexity index is 291. The third kappa shape index (κ3) is 1.96. The van der Waals surface area contributed by atoms with Crippen LogP contribution in [0.15, 0.2) is 12.4 Å². The molecule has 0 amide bonds. The van der Waals surface area contributed by atoms with Crippen molar-refractivity contribution in [2.75, 3.05) is 6.54 Å². The van der Waals surface area contributed by atoms with Crippen LogP contribution in [-0.2, 0) is 13.5 Å². The van der Waals surface area contributed by atoms with E-state index in [2.05, 4.69) is 10.3 Å². The van der Waals surface area contributed by atoms with Gasteiger partial charge in [-0.15, -0.1) is 0 Å². The van der Waals surface area contributed by atoms with Gasteiger partial charge in [-0.25, -0.2) is 4.98 Å². The molecule has 0 spiro atoms. The monoisotopic (exact) mass is 195 g/mol. The van der Waals surface area contributed by atoms with E-state index in [-0.39, 0.29) is 12.1 Å². The maximum absolute atomic E-state index is 9.93. The van der Waals surface area contributed by atoms with Crippen LogP contribution >= 0.6 is 0 Å². The molecule has 14 heavy (non-hydrogen) atoms. The van der Waals surface area contributed by atoms with Gasteiger partial charge in [-0.2, -0.15) is 0 Å². The Morgan fingerprint density at radius 3 is 3.21 bits per heavy atom. The van der Waals surface area contributed by atoms with Crippen LogP contribution in [0.25, 0.3) is 0 Å². The lowest BCUT2D eigenvalue weighted by molar-refractivity contribution is 0.133. The van der Waals surface area contributed by atoms with Crippen LogP contribution in [0, 0.1) is 0 Å². The first-order valence-corrected chi connectivity index (χ1v) is 5.15. The second kappa shape index (κ2) is 4.11. The molecular weight excluding hydrogens is 178 g/mol. The molecule has 1 aromatic heterocycles. The molecule has 4 nitrogen and oxygen atoms in total. The van der Waals surface area contributed by atoms with E-state index in [0.717, 1.165) is 18.8 Å². The van der Waals surface area contributed by atoms with Gasteiger partial charge in [0.25, 0.3) is 0 Å². The van der Waals surface area contributed by atoms with Crippen molar-refractivity contribution in [3.05, 3.63) is 18.2 Å². The van der Waals surface area contributed by atoms with E-state index in [1.165, 1.54) is 6.42 Å². The average molecular weight is 195 g/mol. The topological polar surface area (TPSA) is 50.1 Å². The summed E-state index contributed by atoms with van der Waals surface area (Å²) in [4.78, 5) is 4.20. The first-order valence-electron chi connectivity index (χ1n) is 5.15. The van der Waals surface area contributed by atoms with E-state index in [1.807, 2.05) is 17.8 Å². The van der Waals surface area contributed by atoms with Crippen LogP contribution in [-0.4, -0.2) is 33.3 Å². The van der Waals surface area contributed by atoms with Crippen molar-refractivity contribution >= 4 is 0 Å². The molecule has 4 heteroatoms. The minimum absolute atomic E-state index is 0.256. The SMILES string of the molecule is Cn1ccnc1CC(O)C1CCCN1. The highest BCUT2D eigenvalue weighted by atomic mass is 16.3. The van der Waals surface area contributed by atoms with Gasteiger partial charge in [-0.1, -0.05) is 0 Å². The summed E-state index contributed by atoms with van der Waals surface area (Å²) in [5, 5.41) is 13.2. The fraction of sp³-hybridized carbons (Fsp3) is 0.700. The van der Waals surface area contributed by atoms with Gasteiger partial charge in [0.15, 0.2) is 0 Å². The van der Waals surface area contributed by atoms with Crippen LogP contribution in [0.3, 0.4) is 0 Å². The molecule has 0 aliphatic carbocycles. The molecule has 2 rings (SSSR count). The van der Waals surface area contributed by atoms with Crippen molar-refractivity contribution in [1.29, 1.82) is 0 Å². The average Bonchev–Trinajstić information content (AvgIpc) is 2.77. The van der Waals surface area contributed by atoms with E-state index < -0.39 is 0 Å². The summed E-state index contributed by atoms with van der Waals surface area (Å²) in [5.41, 5.74) is 0. The molecule has 1 aromatic rings. The van der Waals surface area contributed by atoms with Gasteiger partial charge in [-0.3, -0.25) is 0 Å². The first kappa shape index (κ1) is 9.68. The number of hydrogen-bond acceptors (Lipinski definition) is 3. The standard InChI is InChI=1S/C10H17N3O/c1-13-6-5-12-10(13)7-9(14)8-3-2-4-11-8/h5-6,8-9,11,14H,2-4,7H2,1H3. The zero-order valence-corrected chi connectivity index (χ0v) is 8.48. The summed E-state index contributed by atoms with van der Waals surface area (Å²) in [7, 11) is 1.96. The Hall–Kier alpha value is -0.870. The molecule has 0 saturated carbocycles. The predicted molar refractivity (Wildman–Crippen MR) is 53.9 cm³/mol. The van der Waals surface area contributed by atoms with Crippen LogP contribution in [0.5, 0.6) is 0 Å². The van der Waals surface area contributed by atoms with Crippen molar-refractivity contribution in [2.24, 2.45) is 7.05 Å². The number of aryl methyl sites for hydroxylation is 1. The Morgan fingerprint density at radius 1 is 1.79 bits per heavy atom. The maximum atomic E-state index is 9.93. The summed E-state index contributed by atoms with van der Waals surface area (Å²) in [6.45, 7) is 1.03. The minimum atomic E-state index is -0.307. The van der Waals surface area contributed by atoms with Crippen molar-refractivity contribution in [3.63, 3.8) is 0 Å². The quantitative estimate of drug-likeness (QED) is 0.718. The molecular formula is C10H17N3O. The van der Waals surface area contributed by atoms with Gasteiger partial charge in [0.2, 0.25) is 0 Å². The van der Waals surface area contributed by atoms with Crippen LogP contribution in [0.4, 0.5) is 0 Å². The molecule has 1 saturated heterocycles. The fourth-order valence-electron chi connectivity index (χ4n) is 1.96. The summed E-state index contributed by atoms with van der Waals surface area (Å²) in [6.07, 6.45) is 6.25. The van der Waals surface area contributed by atoms with E-state index in [4.69, 9.17) is 0 Å². The zero-order chi connectivity index (χ0) is 9.97. The molecule has 2 unspecified atom stereocenters.